The number of aliphatic hydroxyl groups is 1. The molecule has 1 rings (SSSR count). The Labute approximate surface area is 130 Å². The van der Waals surface area contributed by atoms with Crippen LogP contribution < -0.4 is 4.90 Å². The monoisotopic (exact) mass is 308 g/mol. The number of nitro benzene ring substituents is 1. The first-order chi connectivity index (χ1) is 10.2. The number of Topliss-reactive ketones (excluding diaryl/α,β-unsaturated/α-hetero) is 1. The van der Waals surface area contributed by atoms with Gasteiger partial charge in [0.05, 0.1) is 4.92 Å². The predicted octanol–water partition coefficient (Wildman–Crippen LogP) is 3.03. The number of carbonyl (C=O) groups excluding carboxylic acids is 1. The molecular formula is C16H24N2O4. The van der Waals surface area contributed by atoms with Crippen LogP contribution in [0.25, 0.3) is 0 Å². The first-order valence-corrected chi connectivity index (χ1v) is 7.31. The Bertz CT molecular complexity index is 550. The highest BCUT2D eigenvalue weighted by Gasteiger charge is 2.24. The van der Waals surface area contributed by atoms with Crippen molar-refractivity contribution >= 4 is 17.2 Å². The van der Waals surface area contributed by atoms with Crippen LogP contribution >= 0.6 is 0 Å². The van der Waals surface area contributed by atoms with E-state index in [1.54, 1.807) is 12.1 Å². The van der Waals surface area contributed by atoms with Crippen LogP contribution in [0.2, 0.25) is 0 Å². The van der Waals surface area contributed by atoms with Gasteiger partial charge >= 0.3 is 0 Å². The zero-order valence-electron chi connectivity index (χ0n) is 13.6. The summed E-state index contributed by atoms with van der Waals surface area (Å²) >= 11 is 0. The number of aliphatic hydroxyl groups excluding tert-OH is 1. The van der Waals surface area contributed by atoms with E-state index in [0.29, 0.717) is 30.8 Å². The van der Waals surface area contributed by atoms with Gasteiger partial charge in [-0.05, 0) is 30.9 Å². The molecule has 0 bridgehead atoms. The van der Waals surface area contributed by atoms with E-state index in [4.69, 9.17) is 5.11 Å². The van der Waals surface area contributed by atoms with Crippen molar-refractivity contribution in [2.75, 3.05) is 24.6 Å². The second-order valence-corrected chi connectivity index (χ2v) is 6.58. The van der Waals surface area contributed by atoms with Crippen molar-refractivity contribution in [2.45, 2.75) is 34.1 Å². The Hall–Kier alpha value is -1.95. The topological polar surface area (TPSA) is 83.7 Å². The fourth-order valence-corrected chi connectivity index (χ4v) is 2.27. The lowest BCUT2D eigenvalue weighted by Crippen LogP contribution is -2.34. The molecule has 1 N–H and O–H groups in total. The Morgan fingerprint density at radius 3 is 2.45 bits per heavy atom. The minimum absolute atomic E-state index is 0.0277. The summed E-state index contributed by atoms with van der Waals surface area (Å²) in [4.78, 5) is 24.2. The predicted molar refractivity (Wildman–Crippen MR) is 86.5 cm³/mol. The van der Waals surface area contributed by atoms with Crippen molar-refractivity contribution in [3.8, 4) is 0 Å². The molecule has 122 valence electrons. The van der Waals surface area contributed by atoms with E-state index in [2.05, 4.69) is 20.8 Å². The first-order valence-electron chi connectivity index (χ1n) is 7.31. The quantitative estimate of drug-likeness (QED) is 0.475. The van der Waals surface area contributed by atoms with Gasteiger partial charge in [0.15, 0.2) is 5.78 Å². The molecule has 0 heterocycles. The normalized spacial score (nSPS) is 11.3. The summed E-state index contributed by atoms with van der Waals surface area (Å²) in [5, 5.41) is 20.4. The Morgan fingerprint density at radius 2 is 2.00 bits per heavy atom. The van der Waals surface area contributed by atoms with Gasteiger partial charge in [0.1, 0.15) is 5.69 Å². The van der Waals surface area contributed by atoms with Crippen LogP contribution in [0.4, 0.5) is 11.4 Å². The van der Waals surface area contributed by atoms with Crippen LogP contribution in [0.15, 0.2) is 18.2 Å². The Morgan fingerprint density at radius 1 is 1.36 bits per heavy atom. The number of rotatable bonds is 7. The smallest absolute Gasteiger partial charge is 0.293 e. The van der Waals surface area contributed by atoms with Gasteiger partial charge in [0, 0.05) is 31.3 Å². The maximum atomic E-state index is 11.4. The van der Waals surface area contributed by atoms with Crippen molar-refractivity contribution < 1.29 is 14.8 Å². The summed E-state index contributed by atoms with van der Waals surface area (Å²) in [6, 6.07) is 4.56. The van der Waals surface area contributed by atoms with Crippen LogP contribution in [0.3, 0.4) is 0 Å². The molecule has 22 heavy (non-hydrogen) atoms. The molecule has 6 heteroatoms. The second-order valence-electron chi connectivity index (χ2n) is 6.58. The zero-order chi connectivity index (χ0) is 16.9. The van der Waals surface area contributed by atoms with Crippen molar-refractivity contribution in [1.82, 2.24) is 0 Å². The maximum Gasteiger partial charge on any atom is 0.293 e. The molecule has 0 aromatic heterocycles. The maximum absolute atomic E-state index is 11.4. The molecular weight excluding hydrogens is 284 g/mol. The molecule has 0 spiro atoms. The lowest BCUT2D eigenvalue weighted by Gasteiger charge is -2.31. The summed E-state index contributed by atoms with van der Waals surface area (Å²) < 4.78 is 0. The summed E-state index contributed by atoms with van der Waals surface area (Å²) in [5.74, 6) is -0.202. The largest absolute Gasteiger partial charge is 0.396 e. The van der Waals surface area contributed by atoms with Gasteiger partial charge in [-0.25, -0.2) is 0 Å². The standard InChI is InChI=1S/C16H24N2O4/c1-12(20)13-6-7-14(15(10-13)18(21)22)17(8-5-9-19)11-16(2,3)4/h6-7,10,19H,5,8-9,11H2,1-4H3. The summed E-state index contributed by atoms with van der Waals surface area (Å²) in [7, 11) is 0. The highest BCUT2D eigenvalue weighted by atomic mass is 16.6. The molecule has 0 aliphatic heterocycles. The number of nitrogens with zero attached hydrogens (tertiary/aromatic N) is 2. The van der Waals surface area contributed by atoms with Crippen LogP contribution in [0.5, 0.6) is 0 Å². The molecule has 1 aromatic rings. The Kier molecular flexibility index (Phi) is 6.05. The average Bonchev–Trinajstić information content (AvgIpc) is 2.41. The second kappa shape index (κ2) is 7.35. The van der Waals surface area contributed by atoms with Crippen molar-refractivity contribution in [3.63, 3.8) is 0 Å². The molecule has 6 nitrogen and oxygen atoms in total. The van der Waals surface area contributed by atoms with Crippen LogP contribution in [0.1, 0.15) is 44.5 Å². The van der Waals surface area contributed by atoms with E-state index >= 15 is 0 Å². The van der Waals surface area contributed by atoms with Crippen LogP contribution in [-0.2, 0) is 0 Å². The highest BCUT2D eigenvalue weighted by molar-refractivity contribution is 5.95. The van der Waals surface area contributed by atoms with Crippen molar-refractivity contribution in [2.24, 2.45) is 5.41 Å². The Balaban J connectivity index is 3.27. The fourth-order valence-electron chi connectivity index (χ4n) is 2.27. The number of ketones is 1. The average molecular weight is 308 g/mol. The van der Waals surface area contributed by atoms with Gasteiger partial charge in [0.2, 0.25) is 0 Å². The molecule has 0 radical (unpaired) electrons. The lowest BCUT2D eigenvalue weighted by atomic mass is 9.95. The number of anilines is 1. The molecule has 0 saturated carbocycles. The van der Waals surface area contributed by atoms with Crippen LogP contribution in [0, 0.1) is 15.5 Å². The highest BCUT2D eigenvalue weighted by Crippen LogP contribution is 2.32. The third-order valence-corrected chi connectivity index (χ3v) is 3.17. The van der Waals surface area contributed by atoms with E-state index < -0.39 is 4.92 Å². The van der Waals surface area contributed by atoms with E-state index in [1.165, 1.54) is 13.0 Å². The summed E-state index contributed by atoms with van der Waals surface area (Å²) in [5.41, 5.74) is 0.685. The van der Waals surface area contributed by atoms with Gasteiger partial charge in [-0.15, -0.1) is 0 Å². The number of carbonyl (C=O) groups is 1. The number of hydrogen-bond acceptors (Lipinski definition) is 5. The minimum Gasteiger partial charge on any atom is -0.396 e. The van der Waals surface area contributed by atoms with E-state index in [0.717, 1.165) is 0 Å². The van der Waals surface area contributed by atoms with Gasteiger partial charge in [0.25, 0.3) is 5.69 Å². The molecule has 0 amide bonds. The third-order valence-electron chi connectivity index (χ3n) is 3.17. The zero-order valence-corrected chi connectivity index (χ0v) is 13.6. The minimum atomic E-state index is -0.462. The number of hydrogen-bond donors (Lipinski definition) is 1. The van der Waals surface area contributed by atoms with E-state index in [9.17, 15) is 14.9 Å². The summed E-state index contributed by atoms with van der Waals surface area (Å²) in [6.45, 7) is 8.71. The van der Waals surface area contributed by atoms with Gasteiger partial charge in [-0.2, -0.15) is 0 Å². The SMILES string of the molecule is CC(=O)c1ccc(N(CCCO)CC(C)(C)C)c([N+](=O)[O-])c1. The number of benzene rings is 1. The lowest BCUT2D eigenvalue weighted by molar-refractivity contribution is -0.384. The van der Waals surface area contributed by atoms with E-state index in [1.807, 2.05) is 4.90 Å². The van der Waals surface area contributed by atoms with Gasteiger partial charge in [-0.1, -0.05) is 20.8 Å². The van der Waals surface area contributed by atoms with Crippen molar-refractivity contribution in [1.29, 1.82) is 0 Å². The molecule has 1 aromatic carbocycles. The van der Waals surface area contributed by atoms with Crippen LogP contribution in [-0.4, -0.2) is 35.5 Å². The molecule has 0 fully saturated rings. The van der Waals surface area contributed by atoms with Gasteiger partial charge < -0.3 is 10.0 Å². The first kappa shape index (κ1) is 18.1. The summed E-state index contributed by atoms with van der Waals surface area (Å²) in [6.07, 6.45) is 0.529. The fraction of sp³-hybridized carbons (Fsp3) is 0.562. The molecule has 0 atom stereocenters. The van der Waals surface area contributed by atoms with Gasteiger partial charge in [-0.3, -0.25) is 14.9 Å². The molecule has 0 unspecified atom stereocenters. The third kappa shape index (κ3) is 5.11. The molecule has 0 saturated heterocycles. The molecule has 0 aliphatic carbocycles. The van der Waals surface area contributed by atoms with Crippen molar-refractivity contribution in [3.05, 3.63) is 33.9 Å². The number of nitro groups is 1. The molecule has 0 aliphatic rings. The van der Waals surface area contributed by atoms with E-state index in [-0.39, 0.29) is 23.5 Å².